The zero-order valence-electron chi connectivity index (χ0n) is 10.5. The summed E-state index contributed by atoms with van der Waals surface area (Å²) in [6, 6.07) is 3.70. The first kappa shape index (κ1) is 12.0. The van der Waals surface area contributed by atoms with Crippen molar-refractivity contribution in [2.45, 2.75) is 12.5 Å². The monoisotopic (exact) mass is 262 g/mol. The van der Waals surface area contributed by atoms with Gasteiger partial charge in [-0.05, 0) is 19.1 Å². The molecule has 100 valence electrons. The molecular formula is C13H14N2O4. The number of furan rings is 1. The van der Waals surface area contributed by atoms with Crippen LogP contribution in [0.2, 0.25) is 0 Å². The summed E-state index contributed by atoms with van der Waals surface area (Å²) in [6.45, 7) is 2.88. The predicted molar refractivity (Wildman–Crippen MR) is 68.2 cm³/mol. The third kappa shape index (κ3) is 2.15. The average molecular weight is 262 g/mol. The minimum Gasteiger partial charge on any atom is -0.480 e. The quantitative estimate of drug-likeness (QED) is 0.900. The lowest BCUT2D eigenvalue weighted by molar-refractivity contribution is -0.150. The lowest BCUT2D eigenvalue weighted by Crippen LogP contribution is -2.62. The van der Waals surface area contributed by atoms with E-state index in [0.29, 0.717) is 13.1 Å². The maximum Gasteiger partial charge on any atom is 0.329 e. The van der Waals surface area contributed by atoms with Crippen molar-refractivity contribution in [1.29, 1.82) is 0 Å². The number of hydrogen-bond donors (Lipinski definition) is 1. The normalized spacial score (nSPS) is 17.4. The number of hydrogen-bond acceptors (Lipinski definition) is 5. The standard InChI is InChI=1S/C13H14N2O4/c1-13(19-6-11(16)17)7-15(8-13)12-9-3-5-18-10(9)2-4-14-12/h2-5H,6-8H2,1H3,(H,16,17). The van der Waals surface area contributed by atoms with Crippen molar-refractivity contribution in [2.24, 2.45) is 0 Å². The number of pyridine rings is 1. The van der Waals surface area contributed by atoms with E-state index in [1.54, 1.807) is 12.5 Å². The van der Waals surface area contributed by atoms with E-state index in [1.807, 2.05) is 19.1 Å². The molecule has 1 N–H and O–H groups in total. The topological polar surface area (TPSA) is 75.8 Å². The number of fused-ring (bicyclic) bond motifs is 1. The SMILES string of the molecule is CC1(OCC(=O)O)CN(c2nccc3occc23)C1. The molecule has 2 aromatic heterocycles. The molecule has 0 unspecified atom stereocenters. The van der Waals surface area contributed by atoms with Crippen molar-refractivity contribution in [2.75, 3.05) is 24.6 Å². The Labute approximate surface area is 109 Å². The van der Waals surface area contributed by atoms with Crippen LogP contribution in [-0.2, 0) is 9.53 Å². The molecule has 0 spiro atoms. The fourth-order valence-electron chi connectivity index (χ4n) is 2.37. The Kier molecular flexibility index (Phi) is 2.67. The van der Waals surface area contributed by atoms with Gasteiger partial charge in [0.2, 0.25) is 0 Å². The van der Waals surface area contributed by atoms with Crippen molar-refractivity contribution in [1.82, 2.24) is 4.98 Å². The van der Waals surface area contributed by atoms with Crippen molar-refractivity contribution >= 4 is 22.8 Å². The zero-order valence-corrected chi connectivity index (χ0v) is 10.5. The maximum atomic E-state index is 10.5. The van der Waals surface area contributed by atoms with Crippen LogP contribution in [0.5, 0.6) is 0 Å². The fourth-order valence-corrected chi connectivity index (χ4v) is 2.37. The van der Waals surface area contributed by atoms with Gasteiger partial charge in [-0.25, -0.2) is 9.78 Å². The van der Waals surface area contributed by atoms with E-state index >= 15 is 0 Å². The second kappa shape index (κ2) is 4.24. The number of ether oxygens (including phenoxy) is 1. The number of carboxylic acid groups (broad SMARTS) is 1. The molecule has 1 aliphatic heterocycles. The molecule has 0 atom stereocenters. The maximum absolute atomic E-state index is 10.5. The van der Waals surface area contributed by atoms with Crippen LogP contribution >= 0.6 is 0 Å². The molecule has 3 rings (SSSR count). The van der Waals surface area contributed by atoms with Gasteiger partial charge < -0.3 is 19.2 Å². The molecule has 6 nitrogen and oxygen atoms in total. The molecule has 0 saturated carbocycles. The lowest BCUT2D eigenvalue weighted by Gasteiger charge is -2.48. The number of rotatable bonds is 4. The largest absolute Gasteiger partial charge is 0.480 e. The van der Waals surface area contributed by atoms with E-state index in [-0.39, 0.29) is 6.61 Å². The number of aromatic nitrogens is 1. The zero-order chi connectivity index (χ0) is 13.5. The van der Waals surface area contributed by atoms with Crippen LogP contribution in [0.4, 0.5) is 5.82 Å². The molecule has 3 heterocycles. The number of nitrogens with zero attached hydrogens (tertiary/aromatic N) is 2. The van der Waals surface area contributed by atoms with Crippen molar-refractivity contribution < 1.29 is 19.1 Å². The first-order valence-electron chi connectivity index (χ1n) is 6.00. The minimum absolute atomic E-state index is 0.270. The van der Waals surface area contributed by atoms with E-state index in [2.05, 4.69) is 9.88 Å². The van der Waals surface area contributed by atoms with Gasteiger partial charge in [0.25, 0.3) is 0 Å². The van der Waals surface area contributed by atoms with Gasteiger partial charge in [0.05, 0.1) is 24.7 Å². The van der Waals surface area contributed by atoms with Gasteiger partial charge in [-0.15, -0.1) is 0 Å². The van der Waals surface area contributed by atoms with Gasteiger partial charge in [0.1, 0.15) is 23.6 Å². The van der Waals surface area contributed by atoms with Crippen LogP contribution in [0.15, 0.2) is 29.0 Å². The molecule has 0 aromatic carbocycles. The molecule has 0 aliphatic carbocycles. The summed E-state index contributed by atoms with van der Waals surface area (Å²) < 4.78 is 10.7. The molecule has 1 saturated heterocycles. The summed E-state index contributed by atoms with van der Waals surface area (Å²) in [7, 11) is 0. The molecule has 19 heavy (non-hydrogen) atoms. The average Bonchev–Trinajstić information content (AvgIpc) is 2.81. The highest BCUT2D eigenvalue weighted by Crippen LogP contribution is 2.33. The van der Waals surface area contributed by atoms with Gasteiger partial charge >= 0.3 is 5.97 Å². The third-order valence-corrected chi connectivity index (χ3v) is 3.25. The first-order valence-corrected chi connectivity index (χ1v) is 6.00. The number of carbonyl (C=O) groups is 1. The second-order valence-corrected chi connectivity index (χ2v) is 4.96. The van der Waals surface area contributed by atoms with Crippen LogP contribution in [0.1, 0.15) is 6.92 Å². The van der Waals surface area contributed by atoms with Gasteiger partial charge in [-0.2, -0.15) is 0 Å². The summed E-state index contributed by atoms with van der Waals surface area (Å²) in [5.41, 5.74) is 0.372. The van der Waals surface area contributed by atoms with E-state index in [9.17, 15) is 4.79 Å². The van der Waals surface area contributed by atoms with Crippen LogP contribution in [0, 0.1) is 0 Å². The van der Waals surface area contributed by atoms with E-state index in [4.69, 9.17) is 14.3 Å². The summed E-state index contributed by atoms with van der Waals surface area (Å²) in [6.07, 6.45) is 3.34. The van der Waals surface area contributed by atoms with Crippen molar-refractivity contribution in [3.8, 4) is 0 Å². The van der Waals surface area contributed by atoms with Gasteiger partial charge in [0, 0.05) is 6.20 Å². The number of aliphatic carboxylic acids is 1. The molecule has 6 heteroatoms. The van der Waals surface area contributed by atoms with Gasteiger partial charge in [-0.1, -0.05) is 0 Å². The molecular weight excluding hydrogens is 248 g/mol. The Balaban J connectivity index is 1.73. The van der Waals surface area contributed by atoms with E-state index in [1.165, 1.54) is 0 Å². The number of carboxylic acids is 1. The highest BCUT2D eigenvalue weighted by atomic mass is 16.5. The smallest absolute Gasteiger partial charge is 0.329 e. The second-order valence-electron chi connectivity index (χ2n) is 4.96. The van der Waals surface area contributed by atoms with Crippen LogP contribution in [0.25, 0.3) is 11.0 Å². The van der Waals surface area contributed by atoms with Crippen molar-refractivity contribution in [3.63, 3.8) is 0 Å². The molecule has 1 aliphatic rings. The Morgan fingerprint density at radius 2 is 2.37 bits per heavy atom. The first-order chi connectivity index (χ1) is 9.07. The molecule has 0 amide bonds. The summed E-state index contributed by atoms with van der Waals surface area (Å²) >= 11 is 0. The van der Waals surface area contributed by atoms with Gasteiger partial charge in [0.15, 0.2) is 0 Å². The van der Waals surface area contributed by atoms with E-state index < -0.39 is 11.6 Å². The predicted octanol–water partition coefficient (Wildman–Crippen LogP) is 1.51. The molecule has 0 bridgehead atoms. The minimum atomic E-state index is -0.949. The summed E-state index contributed by atoms with van der Waals surface area (Å²) in [4.78, 5) is 16.9. The number of anilines is 1. The fraction of sp³-hybridized carbons (Fsp3) is 0.385. The summed E-state index contributed by atoms with van der Waals surface area (Å²) in [5, 5.41) is 9.59. The van der Waals surface area contributed by atoms with E-state index in [0.717, 1.165) is 16.8 Å². The molecule has 0 radical (unpaired) electrons. The molecule has 1 fully saturated rings. The molecule has 2 aromatic rings. The van der Waals surface area contributed by atoms with Gasteiger partial charge in [-0.3, -0.25) is 0 Å². The van der Waals surface area contributed by atoms with Crippen LogP contribution in [-0.4, -0.2) is 41.4 Å². The Morgan fingerprint density at radius 3 is 3.11 bits per heavy atom. The Morgan fingerprint density at radius 1 is 1.58 bits per heavy atom. The third-order valence-electron chi connectivity index (χ3n) is 3.25. The highest BCUT2D eigenvalue weighted by molar-refractivity contribution is 5.88. The Hall–Kier alpha value is -2.08. The van der Waals surface area contributed by atoms with Crippen LogP contribution < -0.4 is 4.90 Å². The van der Waals surface area contributed by atoms with Crippen molar-refractivity contribution in [3.05, 3.63) is 24.6 Å². The Bertz CT molecular complexity index is 616. The highest BCUT2D eigenvalue weighted by Gasteiger charge is 2.41. The summed E-state index contributed by atoms with van der Waals surface area (Å²) in [5.74, 6) is -0.0996. The van der Waals surface area contributed by atoms with Crippen LogP contribution in [0.3, 0.4) is 0 Å². The lowest BCUT2D eigenvalue weighted by atomic mass is 9.96.